The quantitative estimate of drug-likeness (QED) is 0.290. The topological polar surface area (TPSA) is 100 Å². The molecule has 24 heavy (non-hydrogen) atoms. The van der Waals surface area contributed by atoms with Crippen LogP contribution in [0.3, 0.4) is 0 Å². The van der Waals surface area contributed by atoms with Crippen LogP contribution in [0.15, 0.2) is 18.2 Å². The van der Waals surface area contributed by atoms with Crippen LogP contribution in [-0.4, -0.2) is 50.9 Å². The van der Waals surface area contributed by atoms with E-state index < -0.39 is 18.1 Å². The van der Waals surface area contributed by atoms with Crippen molar-refractivity contribution in [1.82, 2.24) is 5.06 Å². The molecule has 2 N–H and O–H groups in total. The molecule has 1 rings (SSSR count). The summed E-state index contributed by atoms with van der Waals surface area (Å²) in [5.74, 6) is 0.586. The van der Waals surface area contributed by atoms with Gasteiger partial charge in [-0.15, -0.1) is 0 Å². The van der Waals surface area contributed by atoms with Crippen molar-refractivity contribution in [2.75, 3.05) is 27.9 Å². The third kappa shape index (κ3) is 5.48. The molecule has 0 bridgehead atoms. The molecule has 1 unspecified atom stereocenters. The van der Waals surface area contributed by atoms with E-state index in [0.717, 1.165) is 5.56 Å². The lowest BCUT2D eigenvalue weighted by Crippen LogP contribution is -2.50. The predicted octanol–water partition coefficient (Wildman–Crippen LogP) is 0.874. The summed E-state index contributed by atoms with van der Waals surface area (Å²) in [5, 5.41) is 1.34. The first kappa shape index (κ1) is 19.9. The number of hydrogen-bond donors (Lipinski definition) is 1. The fourth-order valence-corrected chi connectivity index (χ4v) is 2.16. The number of benzene rings is 1. The molecule has 0 aromatic heterocycles. The zero-order chi connectivity index (χ0) is 18.2. The maximum Gasteiger partial charge on any atom is 0.310 e. The van der Waals surface area contributed by atoms with E-state index in [2.05, 4.69) is 0 Å². The number of methoxy groups -OCH3 is 2. The summed E-state index contributed by atoms with van der Waals surface area (Å²) in [6, 6.07) is 5.35. The Morgan fingerprint density at radius 2 is 1.88 bits per heavy atom. The number of hydroxylamine groups is 2. The number of aldehydes is 1. The minimum Gasteiger partial charge on any atom is -0.496 e. The summed E-state index contributed by atoms with van der Waals surface area (Å²) < 4.78 is 15.4. The molecule has 1 atom stereocenters. The average molecular weight is 340 g/mol. The van der Waals surface area contributed by atoms with Crippen molar-refractivity contribution in [2.45, 2.75) is 25.6 Å². The third-order valence-electron chi connectivity index (χ3n) is 3.16. The van der Waals surface area contributed by atoms with Gasteiger partial charge in [0.2, 0.25) is 5.72 Å². The van der Waals surface area contributed by atoms with Crippen molar-refractivity contribution in [2.24, 2.45) is 5.73 Å². The molecule has 0 aliphatic heterocycles. The van der Waals surface area contributed by atoms with Gasteiger partial charge in [-0.3, -0.25) is 20.2 Å². The number of ether oxygens (including phenoxy) is 3. The first-order chi connectivity index (χ1) is 11.4. The van der Waals surface area contributed by atoms with Crippen LogP contribution in [0.25, 0.3) is 0 Å². The highest BCUT2D eigenvalue weighted by Crippen LogP contribution is 2.29. The van der Waals surface area contributed by atoms with Crippen LogP contribution in [0.4, 0.5) is 0 Å². The van der Waals surface area contributed by atoms with E-state index in [1.54, 1.807) is 46.4 Å². The summed E-state index contributed by atoms with van der Waals surface area (Å²) in [5.41, 5.74) is 4.74. The van der Waals surface area contributed by atoms with Crippen molar-refractivity contribution in [3.63, 3.8) is 0 Å². The Balaban J connectivity index is 2.86. The van der Waals surface area contributed by atoms with E-state index in [4.69, 9.17) is 24.8 Å². The molecule has 0 heterocycles. The van der Waals surface area contributed by atoms with Gasteiger partial charge in [-0.2, -0.15) is 5.06 Å². The van der Waals surface area contributed by atoms with Gasteiger partial charge in [-0.05, 0) is 19.1 Å². The first-order valence-electron chi connectivity index (χ1n) is 7.40. The van der Waals surface area contributed by atoms with Crippen molar-refractivity contribution >= 4 is 12.3 Å². The Labute approximate surface area is 141 Å². The van der Waals surface area contributed by atoms with E-state index in [0.29, 0.717) is 17.8 Å². The second-order valence-electron chi connectivity index (χ2n) is 5.07. The third-order valence-corrected chi connectivity index (χ3v) is 3.16. The summed E-state index contributed by atoms with van der Waals surface area (Å²) in [6.07, 6.45) is -0.0163. The lowest BCUT2D eigenvalue weighted by Gasteiger charge is -2.28. The molecule has 0 fully saturated rings. The van der Waals surface area contributed by atoms with Crippen molar-refractivity contribution in [3.8, 4) is 11.5 Å². The van der Waals surface area contributed by atoms with Gasteiger partial charge in [0, 0.05) is 7.05 Å². The second kappa shape index (κ2) is 9.21. The molecule has 8 heteroatoms. The highest BCUT2D eigenvalue weighted by Gasteiger charge is 2.32. The van der Waals surface area contributed by atoms with E-state index in [-0.39, 0.29) is 13.2 Å². The number of esters is 1. The van der Waals surface area contributed by atoms with Crippen LogP contribution < -0.4 is 15.2 Å². The highest BCUT2D eigenvalue weighted by molar-refractivity contribution is 5.77. The van der Waals surface area contributed by atoms with Crippen molar-refractivity contribution < 1.29 is 28.6 Å². The highest BCUT2D eigenvalue weighted by atomic mass is 16.7. The van der Waals surface area contributed by atoms with Gasteiger partial charge >= 0.3 is 5.97 Å². The van der Waals surface area contributed by atoms with E-state index in [1.165, 1.54) is 5.06 Å². The van der Waals surface area contributed by atoms with Gasteiger partial charge in [0.1, 0.15) is 11.5 Å². The number of carbonyl (C=O) groups excluding carboxylic acids is 2. The molecule has 1 aromatic rings. The molecule has 8 nitrogen and oxygen atoms in total. The van der Waals surface area contributed by atoms with Crippen LogP contribution >= 0.6 is 0 Å². The second-order valence-corrected chi connectivity index (χ2v) is 5.07. The molecule has 0 amide bonds. The molecule has 134 valence electrons. The molecule has 0 aliphatic carbocycles. The van der Waals surface area contributed by atoms with Gasteiger partial charge in [0.05, 0.1) is 39.4 Å². The molecular weight excluding hydrogens is 316 g/mol. The van der Waals surface area contributed by atoms with E-state index in [1.807, 2.05) is 0 Å². The standard InChI is InChI=1S/C16H24N2O6/c1-5-23-15(20)9-16(17,11-19)24-18(2)10-12-13(21-3)7-6-8-14(12)22-4/h6-8,11H,5,9-10,17H2,1-4H3. The molecule has 1 aromatic carbocycles. The van der Waals surface area contributed by atoms with Gasteiger partial charge in [0.25, 0.3) is 0 Å². The van der Waals surface area contributed by atoms with Crippen LogP contribution in [-0.2, 0) is 25.7 Å². The van der Waals surface area contributed by atoms with Gasteiger partial charge < -0.3 is 14.2 Å². The summed E-state index contributed by atoms with van der Waals surface area (Å²) >= 11 is 0. The fourth-order valence-electron chi connectivity index (χ4n) is 2.16. The predicted molar refractivity (Wildman–Crippen MR) is 86.3 cm³/mol. The Bertz CT molecular complexity index is 543. The first-order valence-corrected chi connectivity index (χ1v) is 7.40. The molecular formula is C16H24N2O6. The zero-order valence-electron chi connectivity index (χ0n) is 14.4. The molecule has 0 spiro atoms. The van der Waals surface area contributed by atoms with E-state index in [9.17, 15) is 9.59 Å². The zero-order valence-corrected chi connectivity index (χ0v) is 14.4. The smallest absolute Gasteiger partial charge is 0.310 e. The minimum absolute atomic E-state index is 0.196. The Morgan fingerprint density at radius 1 is 1.29 bits per heavy atom. The van der Waals surface area contributed by atoms with Crippen LogP contribution in [0, 0.1) is 0 Å². The van der Waals surface area contributed by atoms with Crippen LogP contribution in [0.5, 0.6) is 11.5 Å². The SMILES string of the molecule is CCOC(=O)CC(N)(C=O)ON(C)Cc1c(OC)cccc1OC. The molecule has 0 aliphatic rings. The van der Waals surface area contributed by atoms with Gasteiger partial charge in [-0.1, -0.05) is 6.07 Å². The van der Waals surface area contributed by atoms with Crippen molar-refractivity contribution in [1.29, 1.82) is 0 Å². The fraction of sp³-hybridized carbons (Fsp3) is 0.500. The Morgan fingerprint density at radius 3 is 2.33 bits per heavy atom. The Hall–Kier alpha value is -2.16. The minimum atomic E-state index is -1.81. The normalized spacial score (nSPS) is 13.2. The molecule has 0 radical (unpaired) electrons. The van der Waals surface area contributed by atoms with Gasteiger partial charge in [0.15, 0.2) is 6.29 Å². The lowest BCUT2D eigenvalue weighted by atomic mass is 10.1. The number of rotatable bonds is 10. The van der Waals surface area contributed by atoms with E-state index >= 15 is 0 Å². The summed E-state index contributed by atoms with van der Waals surface area (Å²) in [7, 11) is 4.67. The maximum absolute atomic E-state index is 11.6. The lowest BCUT2D eigenvalue weighted by molar-refractivity contribution is -0.230. The monoisotopic (exact) mass is 340 g/mol. The Kier molecular flexibility index (Phi) is 7.63. The number of nitrogens with zero attached hydrogens (tertiary/aromatic N) is 1. The summed E-state index contributed by atoms with van der Waals surface area (Å²) in [4.78, 5) is 28.3. The number of nitrogens with two attached hydrogens (primary N) is 1. The van der Waals surface area contributed by atoms with Crippen LogP contribution in [0.2, 0.25) is 0 Å². The number of hydrogen-bond acceptors (Lipinski definition) is 8. The average Bonchev–Trinajstić information content (AvgIpc) is 2.54. The number of carbonyl (C=O) groups is 2. The largest absolute Gasteiger partial charge is 0.496 e. The molecule has 0 saturated heterocycles. The van der Waals surface area contributed by atoms with Gasteiger partial charge in [-0.25, -0.2) is 0 Å². The molecule has 0 saturated carbocycles. The summed E-state index contributed by atoms with van der Waals surface area (Å²) in [6.45, 7) is 2.09. The maximum atomic E-state index is 11.6. The van der Waals surface area contributed by atoms with Crippen LogP contribution in [0.1, 0.15) is 18.9 Å². The van der Waals surface area contributed by atoms with Crippen molar-refractivity contribution in [3.05, 3.63) is 23.8 Å².